The minimum absolute atomic E-state index is 0.149. The zero-order chi connectivity index (χ0) is 19.5. The maximum absolute atomic E-state index is 12.8. The molecule has 1 fully saturated rings. The van der Waals surface area contributed by atoms with Crippen LogP contribution in [0.2, 0.25) is 5.02 Å². The largest absolute Gasteiger partial charge is 0.488 e. The number of thiophene rings is 1. The second kappa shape index (κ2) is 8.35. The third-order valence-electron chi connectivity index (χ3n) is 4.77. The molecule has 0 bridgehead atoms. The number of carbonyl (C=O) groups is 1. The molecule has 0 unspecified atom stereocenters. The SMILES string of the molecule is C[C@@H](NC(=O)c1cc(OC2CNC2)ccc1Cl)c1cccc(-c2cccs2)c1. The summed E-state index contributed by atoms with van der Waals surface area (Å²) in [6.07, 6.45) is 0.149. The van der Waals surface area contributed by atoms with Gasteiger partial charge in [0.1, 0.15) is 11.9 Å². The van der Waals surface area contributed by atoms with Crippen LogP contribution in [0.25, 0.3) is 10.4 Å². The Morgan fingerprint density at radius 1 is 1.21 bits per heavy atom. The average Bonchev–Trinajstić information content (AvgIpc) is 3.20. The van der Waals surface area contributed by atoms with Crippen molar-refractivity contribution < 1.29 is 9.53 Å². The number of carbonyl (C=O) groups excluding carboxylic acids is 1. The van der Waals surface area contributed by atoms with Crippen LogP contribution in [-0.4, -0.2) is 25.1 Å². The van der Waals surface area contributed by atoms with Crippen LogP contribution < -0.4 is 15.4 Å². The lowest BCUT2D eigenvalue weighted by Crippen LogP contribution is -2.50. The Morgan fingerprint density at radius 2 is 2.07 bits per heavy atom. The van der Waals surface area contributed by atoms with E-state index in [9.17, 15) is 4.79 Å². The number of hydrogen-bond acceptors (Lipinski definition) is 4. The first kappa shape index (κ1) is 19.0. The van der Waals surface area contributed by atoms with Crippen LogP contribution in [0.1, 0.15) is 28.9 Å². The normalized spacial score (nSPS) is 14.9. The van der Waals surface area contributed by atoms with Gasteiger partial charge in [0.05, 0.1) is 16.6 Å². The van der Waals surface area contributed by atoms with Gasteiger partial charge in [0.25, 0.3) is 5.91 Å². The maximum atomic E-state index is 12.8. The van der Waals surface area contributed by atoms with Crippen molar-refractivity contribution >= 4 is 28.8 Å². The number of rotatable bonds is 6. The quantitative estimate of drug-likeness (QED) is 0.604. The van der Waals surface area contributed by atoms with Crippen molar-refractivity contribution in [2.75, 3.05) is 13.1 Å². The summed E-state index contributed by atoms with van der Waals surface area (Å²) >= 11 is 7.97. The summed E-state index contributed by atoms with van der Waals surface area (Å²) in [5.41, 5.74) is 2.62. The fraction of sp³-hybridized carbons (Fsp3) is 0.227. The van der Waals surface area contributed by atoms with Gasteiger partial charge in [-0.25, -0.2) is 0 Å². The predicted molar refractivity (Wildman–Crippen MR) is 114 cm³/mol. The van der Waals surface area contributed by atoms with E-state index in [-0.39, 0.29) is 18.1 Å². The molecule has 1 atom stereocenters. The van der Waals surface area contributed by atoms with E-state index >= 15 is 0 Å². The van der Waals surface area contributed by atoms with Gasteiger partial charge in [-0.15, -0.1) is 11.3 Å². The molecule has 2 N–H and O–H groups in total. The first-order valence-electron chi connectivity index (χ1n) is 9.22. The van der Waals surface area contributed by atoms with Gasteiger partial charge in [-0.05, 0) is 53.8 Å². The second-order valence-corrected chi connectivity index (χ2v) is 8.19. The molecule has 144 valence electrons. The maximum Gasteiger partial charge on any atom is 0.253 e. The van der Waals surface area contributed by atoms with E-state index < -0.39 is 0 Å². The number of ether oxygens (including phenoxy) is 1. The van der Waals surface area contributed by atoms with E-state index in [2.05, 4.69) is 34.2 Å². The van der Waals surface area contributed by atoms with Gasteiger partial charge in [0, 0.05) is 18.0 Å². The van der Waals surface area contributed by atoms with Crippen molar-refractivity contribution in [3.05, 3.63) is 76.1 Å². The van der Waals surface area contributed by atoms with Crippen LogP contribution in [0, 0.1) is 0 Å². The van der Waals surface area contributed by atoms with Crippen molar-refractivity contribution in [1.82, 2.24) is 10.6 Å². The molecule has 1 aromatic heterocycles. The molecule has 1 aliphatic heterocycles. The molecule has 1 saturated heterocycles. The van der Waals surface area contributed by atoms with Crippen molar-refractivity contribution in [3.8, 4) is 16.2 Å². The van der Waals surface area contributed by atoms with Gasteiger partial charge >= 0.3 is 0 Å². The molecule has 0 spiro atoms. The monoisotopic (exact) mass is 412 g/mol. The third-order valence-corrected chi connectivity index (χ3v) is 6.02. The van der Waals surface area contributed by atoms with Crippen molar-refractivity contribution in [3.63, 3.8) is 0 Å². The minimum Gasteiger partial charge on any atom is -0.488 e. The number of amides is 1. The van der Waals surface area contributed by atoms with E-state index in [4.69, 9.17) is 16.3 Å². The molecule has 1 aliphatic rings. The molecule has 6 heteroatoms. The molecule has 0 radical (unpaired) electrons. The highest BCUT2D eigenvalue weighted by atomic mass is 35.5. The fourth-order valence-electron chi connectivity index (χ4n) is 3.05. The molecule has 1 amide bonds. The molecular formula is C22H21ClN2O2S. The number of hydrogen-bond donors (Lipinski definition) is 2. The molecule has 28 heavy (non-hydrogen) atoms. The number of halogens is 1. The molecular weight excluding hydrogens is 392 g/mol. The third kappa shape index (κ3) is 4.22. The molecule has 3 aromatic rings. The van der Waals surface area contributed by atoms with Crippen LogP contribution in [0.4, 0.5) is 0 Å². The van der Waals surface area contributed by atoms with Crippen molar-refractivity contribution in [2.45, 2.75) is 19.1 Å². The number of nitrogens with one attached hydrogen (secondary N) is 2. The van der Waals surface area contributed by atoms with E-state index in [1.807, 2.05) is 25.1 Å². The Kier molecular flexibility index (Phi) is 5.67. The summed E-state index contributed by atoms with van der Waals surface area (Å²) in [5.74, 6) is 0.449. The highest BCUT2D eigenvalue weighted by Crippen LogP contribution is 2.28. The van der Waals surface area contributed by atoms with E-state index in [1.54, 1.807) is 29.5 Å². The van der Waals surface area contributed by atoms with E-state index in [0.29, 0.717) is 16.3 Å². The average molecular weight is 413 g/mol. The Hall–Kier alpha value is -2.34. The molecule has 4 rings (SSSR count). The Labute approximate surface area is 173 Å². The zero-order valence-electron chi connectivity index (χ0n) is 15.4. The van der Waals surface area contributed by atoms with Crippen molar-refractivity contribution in [2.24, 2.45) is 0 Å². The Morgan fingerprint density at radius 3 is 2.79 bits per heavy atom. The van der Waals surface area contributed by atoms with E-state index in [1.165, 1.54) is 4.88 Å². The Bertz CT molecular complexity index is 970. The zero-order valence-corrected chi connectivity index (χ0v) is 17.0. The summed E-state index contributed by atoms with van der Waals surface area (Å²) < 4.78 is 5.84. The van der Waals surface area contributed by atoms with Crippen LogP contribution >= 0.6 is 22.9 Å². The van der Waals surface area contributed by atoms with Gasteiger partial charge in [0.15, 0.2) is 0 Å². The summed E-state index contributed by atoms with van der Waals surface area (Å²) in [6, 6.07) is 17.4. The molecule has 2 heterocycles. The van der Waals surface area contributed by atoms with Crippen LogP contribution in [0.5, 0.6) is 5.75 Å². The van der Waals surface area contributed by atoms with Crippen molar-refractivity contribution in [1.29, 1.82) is 0 Å². The van der Waals surface area contributed by atoms with Crippen LogP contribution in [0.15, 0.2) is 60.0 Å². The standard InChI is InChI=1S/C22H21ClN2O2S/c1-14(15-4-2-5-16(10-15)21-6-3-9-28-21)25-22(26)19-11-17(7-8-20(19)23)27-18-12-24-13-18/h2-11,14,18,24H,12-13H2,1H3,(H,25,26)/t14-/m1/s1. The fourth-order valence-corrected chi connectivity index (χ4v) is 3.98. The van der Waals surface area contributed by atoms with Gasteiger partial charge in [-0.3, -0.25) is 4.79 Å². The first-order valence-corrected chi connectivity index (χ1v) is 10.5. The second-order valence-electron chi connectivity index (χ2n) is 6.84. The first-order chi connectivity index (χ1) is 13.6. The summed E-state index contributed by atoms with van der Waals surface area (Å²) in [6.45, 7) is 3.61. The predicted octanol–water partition coefficient (Wildman–Crippen LogP) is 4.91. The summed E-state index contributed by atoms with van der Waals surface area (Å²) in [4.78, 5) is 14.0. The lowest BCUT2D eigenvalue weighted by Gasteiger charge is -2.28. The molecule has 0 aliphatic carbocycles. The van der Waals surface area contributed by atoms with Gasteiger partial charge in [-0.1, -0.05) is 35.9 Å². The van der Waals surface area contributed by atoms with Gasteiger partial charge < -0.3 is 15.4 Å². The Balaban J connectivity index is 1.48. The van der Waals surface area contributed by atoms with Crippen LogP contribution in [0.3, 0.4) is 0 Å². The highest BCUT2D eigenvalue weighted by Gasteiger charge is 2.20. The van der Waals surface area contributed by atoms with E-state index in [0.717, 1.165) is 24.2 Å². The molecule has 0 saturated carbocycles. The van der Waals surface area contributed by atoms with Gasteiger partial charge in [-0.2, -0.15) is 0 Å². The smallest absolute Gasteiger partial charge is 0.253 e. The molecule has 4 nitrogen and oxygen atoms in total. The summed E-state index contributed by atoms with van der Waals surface area (Å²) in [5, 5.41) is 8.68. The lowest BCUT2D eigenvalue weighted by atomic mass is 10.0. The summed E-state index contributed by atoms with van der Waals surface area (Å²) in [7, 11) is 0. The number of benzene rings is 2. The minimum atomic E-state index is -0.212. The van der Waals surface area contributed by atoms with Crippen LogP contribution in [-0.2, 0) is 0 Å². The topological polar surface area (TPSA) is 50.4 Å². The van der Waals surface area contributed by atoms with Gasteiger partial charge in [0.2, 0.25) is 0 Å². The lowest BCUT2D eigenvalue weighted by molar-refractivity contribution is 0.0938. The highest BCUT2D eigenvalue weighted by molar-refractivity contribution is 7.13. The molecule has 2 aromatic carbocycles.